The lowest BCUT2D eigenvalue weighted by atomic mass is 9.69. The maximum absolute atomic E-state index is 12.9. The van der Waals surface area contributed by atoms with E-state index in [1.165, 1.54) is 19.3 Å². The Morgan fingerprint density at radius 1 is 1.24 bits per heavy atom. The zero-order chi connectivity index (χ0) is 15.3. The topological polar surface area (TPSA) is 29.1 Å². The van der Waals surface area contributed by atoms with Gasteiger partial charge in [-0.3, -0.25) is 4.79 Å². The summed E-state index contributed by atoms with van der Waals surface area (Å²) in [6.45, 7) is 4.47. The Morgan fingerprint density at radius 3 is 2.52 bits per heavy atom. The van der Waals surface area contributed by atoms with Crippen LogP contribution >= 0.6 is 12.6 Å². The molecule has 2 nitrogen and oxygen atoms in total. The van der Waals surface area contributed by atoms with Gasteiger partial charge >= 0.3 is 0 Å². The zero-order valence-corrected chi connectivity index (χ0v) is 14.1. The van der Waals surface area contributed by atoms with Crippen LogP contribution in [-0.2, 0) is 4.79 Å². The fourth-order valence-electron chi connectivity index (χ4n) is 3.22. The van der Waals surface area contributed by atoms with E-state index >= 15 is 0 Å². The van der Waals surface area contributed by atoms with Crippen molar-refractivity contribution in [2.24, 2.45) is 11.3 Å². The van der Waals surface area contributed by atoms with E-state index in [9.17, 15) is 4.79 Å². The minimum Gasteiger partial charge on any atom is -0.325 e. The second-order valence-corrected chi connectivity index (χ2v) is 7.23. The molecule has 0 atom stereocenters. The predicted molar refractivity (Wildman–Crippen MR) is 91.9 cm³/mol. The fraction of sp³-hybridized carbons (Fsp3) is 0.611. The molecule has 2 rings (SSSR count). The Kier molecular flexibility index (Phi) is 5.74. The van der Waals surface area contributed by atoms with Crippen molar-refractivity contribution < 1.29 is 4.79 Å². The summed E-state index contributed by atoms with van der Waals surface area (Å²) in [6.07, 6.45) is 7.80. The van der Waals surface area contributed by atoms with Crippen LogP contribution in [0.5, 0.6) is 0 Å². The molecule has 1 amide bonds. The van der Waals surface area contributed by atoms with Crippen molar-refractivity contribution in [1.82, 2.24) is 0 Å². The molecule has 3 heteroatoms. The first-order valence-corrected chi connectivity index (χ1v) is 8.58. The number of carbonyl (C=O) groups is 1. The number of amides is 1. The van der Waals surface area contributed by atoms with Gasteiger partial charge in [0.2, 0.25) is 5.91 Å². The van der Waals surface area contributed by atoms with Crippen molar-refractivity contribution in [3.8, 4) is 0 Å². The molecule has 21 heavy (non-hydrogen) atoms. The lowest BCUT2D eigenvalue weighted by Gasteiger charge is -2.36. The molecule has 1 N–H and O–H groups in total. The van der Waals surface area contributed by atoms with E-state index < -0.39 is 0 Å². The number of hydrogen-bond acceptors (Lipinski definition) is 2. The van der Waals surface area contributed by atoms with Gasteiger partial charge in [-0.25, -0.2) is 0 Å². The lowest BCUT2D eigenvalue weighted by molar-refractivity contribution is -0.128. The van der Waals surface area contributed by atoms with E-state index in [-0.39, 0.29) is 11.3 Å². The molecule has 116 valence electrons. The van der Waals surface area contributed by atoms with E-state index in [1.54, 1.807) is 0 Å². The van der Waals surface area contributed by atoms with Gasteiger partial charge in [-0.05, 0) is 43.7 Å². The summed E-state index contributed by atoms with van der Waals surface area (Å²) in [5, 5.41) is 3.13. The number of nitrogens with one attached hydrogen (secondary N) is 1. The highest BCUT2D eigenvalue weighted by atomic mass is 32.1. The monoisotopic (exact) mass is 305 g/mol. The van der Waals surface area contributed by atoms with Gasteiger partial charge in [-0.15, -0.1) is 12.6 Å². The smallest absolute Gasteiger partial charge is 0.230 e. The van der Waals surface area contributed by atoms with Crippen LogP contribution in [0.2, 0.25) is 0 Å². The second kappa shape index (κ2) is 7.35. The third-order valence-electron chi connectivity index (χ3n) is 4.64. The second-order valence-electron chi connectivity index (χ2n) is 6.74. The average Bonchev–Trinajstić information content (AvgIpc) is 2.48. The molecule has 1 aliphatic rings. The number of anilines is 1. The van der Waals surface area contributed by atoms with Crippen LogP contribution in [0.25, 0.3) is 0 Å². The average molecular weight is 305 g/mol. The molecule has 1 aromatic carbocycles. The van der Waals surface area contributed by atoms with Crippen LogP contribution in [-0.4, -0.2) is 5.91 Å². The molecule has 0 spiro atoms. The number of rotatable bonds is 5. The first-order chi connectivity index (χ1) is 10.0. The van der Waals surface area contributed by atoms with Crippen molar-refractivity contribution in [2.45, 2.75) is 63.7 Å². The molecule has 1 fully saturated rings. The molecule has 1 saturated carbocycles. The molecule has 0 bridgehead atoms. The van der Waals surface area contributed by atoms with Crippen LogP contribution < -0.4 is 5.32 Å². The summed E-state index contributed by atoms with van der Waals surface area (Å²) in [7, 11) is 0. The number of benzene rings is 1. The van der Waals surface area contributed by atoms with Gasteiger partial charge in [-0.1, -0.05) is 45.2 Å². The van der Waals surface area contributed by atoms with Crippen molar-refractivity contribution in [3.05, 3.63) is 24.3 Å². The predicted octanol–water partition coefficient (Wildman–Crippen LogP) is 5.30. The van der Waals surface area contributed by atoms with Gasteiger partial charge < -0.3 is 5.32 Å². The van der Waals surface area contributed by atoms with Gasteiger partial charge in [-0.2, -0.15) is 0 Å². The summed E-state index contributed by atoms with van der Waals surface area (Å²) < 4.78 is 0. The van der Waals surface area contributed by atoms with Gasteiger partial charge in [0.1, 0.15) is 0 Å². The lowest BCUT2D eigenvalue weighted by Crippen LogP contribution is -2.38. The van der Waals surface area contributed by atoms with Crippen molar-refractivity contribution in [3.63, 3.8) is 0 Å². The Balaban J connectivity index is 2.12. The summed E-state index contributed by atoms with van der Waals surface area (Å²) in [5.41, 5.74) is 0.666. The third-order valence-corrected chi connectivity index (χ3v) is 5.03. The number of para-hydroxylation sites is 1. The molecule has 0 aromatic heterocycles. The summed E-state index contributed by atoms with van der Waals surface area (Å²) in [4.78, 5) is 13.7. The summed E-state index contributed by atoms with van der Waals surface area (Å²) in [5.74, 6) is 0.845. The number of hydrogen-bond donors (Lipinski definition) is 2. The maximum Gasteiger partial charge on any atom is 0.230 e. The van der Waals surface area contributed by atoms with Gasteiger partial charge in [0.05, 0.1) is 5.69 Å². The highest BCUT2D eigenvalue weighted by Crippen LogP contribution is 2.42. The summed E-state index contributed by atoms with van der Waals surface area (Å²) in [6, 6.07) is 7.73. The van der Waals surface area contributed by atoms with E-state index in [2.05, 4.69) is 31.8 Å². The molecule has 0 heterocycles. The van der Waals surface area contributed by atoms with E-state index in [4.69, 9.17) is 0 Å². The van der Waals surface area contributed by atoms with Gasteiger partial charge in [0, 0.05) is 10.3 Å². The van der Waals surface area contributed by atoms with Crippen LogP contribution in [0, 0.1) is 11.3 Å². The van der Waals surface area contributed by atoms with E-state index in [0.29, 0.717) is 5.92 Å². The number of carbonyl (C=O) groups excluding carboxylic acids is 1. The van der Waals surface area contributed by atoms with Crippen LogP contribution in [0.15, 0.2) is 29.2 Å². The van der Waals surface area contributed by atoms with E-state index in [0.717, 1.165) is 36.3 Å². The molecule has 0 radical (unpaired) electrons. The van der Waals surface area contributed by atoms with E-state index in [1.807, 2.05) is 24.3 Å². The molecular formula is C18H27NOS. The minimum atomic E-state index is -0.168. The third kappa shape index (κ3) is 4.26. The van der Waals surface area contributed by atoms with Crippen LogP contribution in [0.3, 0.4) is 0 Å². The first-order valence-electron chi connectivity index (χ1n) is 8.13. The quantitative estimate of drug-likeness (QED) is 0.710. The molecule has 0 unspecified atom stereocenters. The van der Waals surface area contributed by atoms with Crippen molar-refractivity contribution in [2.75, 3.05) is 5.32 Å². The van der Waals surface area contributed by atoms with Gasteiger partial charge in [0.25, 0.3) is 0 Å². The highest BCUT2D eigenvalue weighted by molar-refractivity contribution is 7.80. The Hall–Kier alpha value is -0.960. The SMILES string of the molecule is CC(C)CCC1(C(=O)Nc2ccccc2S)CCCCC1. The molecule has 1 aromatic rings. The molecule has 1 aliphatic carbocycles. The molecule has 0 aliphatic heterocycles. The highest BCUT2D eigenvalue weighted by Gasteiger charge is 2.39. The minimum absolute atomic E-state index is 0.168. The summed E-state index contributed by atoms with van der Waals surface area (Å²) >= 11 is 4.43. The first kappa shape index (κ1) is 16.4. The van der Waals surface area contributed by atoms with Gasteiger partial charge in [0.15, 0.2) is 0 Å². The fourth-order valence-corrected chi connectivity index (χ4v) is 3.43. The Morgan fingerprint density at radius 2 is 1.90 bits per heavy atom. The van der Waals surface area contributed by atoms with Crippen LogP contribution in [0.4, 0.5) is 5.69 Å². The van der Waals surface area contributed by atoms with Crippen molar-refractivity contribution >= 4 is 24.2 Å². The standard InChI is InChI=1S/C18H27NOS/c1-14(2)10-13-18(11-6-3-7-12-18)17(20)19-15-8-4-5-9-16(15)21/h4-5,8-9,14,21H,3,6-7,10-13H2,1-2H3,(H,19,20). The Bertz CT molecular complexity index is 478. The Labute approximate surface area is 134 Å². The van der Waals surface area contributed by atoms with Crippen LogP contribution in [0.1, 0.15) is 58.8 Å². The van der Waals surface area contributed by atoms with Crippen molar-refractivity contribution in [1.29, 1.82) is 0 Å². The number of thiol groups is 1. The largest absolute Gasteiger partial charge is 0.325 e. The maximum atomic E-state index is 12.9. The molecule has 0 saturated heterocycles. The molecular weight excluding hydrogens is 278 g/mol. The zero-order valence-electron chi connectivity index (χ0n) is 13.2. The normalized spacial score (nSPS) is 17.7.